The number of nitrogens with zero attached hydrogens (tertiary/aromatic N) is 3. The van der Waals surface area contributed by atoms with Crippen molar-refractivity contribution in [2.75, 3.05) is 18.0 Å². The minimum absolute atomic E-state index is 0.0584. The molecule has 6 rings (SSSR count). The summed E-state index contributed by atoms with van der Waals surface area (Å²) in [5, 5.41) is 15.0. The van der Waals surface area contributed by atoms with Gasteiger partial charge in [-0.1, -0.05) is 40.2 Å². The minimum Gasteiger partial charge on any atom is -0.478 e. The van der Waals surface area contributed by atoms with Gasteiger partial charge in [0, 0.05) is 30.1 Å². The Morgan fingerprint density at radius 1 is 1.27 bits per heavy atom. The number of carboxylic acid groups (broad SMARTS) is 1. The Bertz CT molecular complexity index is 1470. The third-order valence-corrected chi connectivity index (χ3v) is 8.46. The predicted octanol–water partition coefficient (Wildman–Crippen LogP) is 6.81. The first-order valence-electron chi connectivity index (χ1n) is 12.3. The smallest absolute Gasteiger partial charge is 0.335 e. The van der Waals surface area contributed by atoms with Gasteiger partial charge in [-0.3, -0.25) is 0 Å². The summed E-state index contributed by atoms with van der Waals surface area (Å²) in [6.07, 6.45) is 3.84. The van der Waals surface area contributed by atoms with Crippen LogP contribution >= 0.6 is 22.9 Å². The molecule has 4 aromatic rings. The number of aryl methyl sites for hydroxylation is 1. The molecule has 1 aliphatic heterocycles. The number of piperidine rings is 1. The average molecular weight is 542 g/mol. The molecule has 0 atom stereocenters. The van der Waals surface area contributed by atoms with Gasteiger partial charge in [-0.2, -0.15) is 0 Å². The van der Waals surface area contributed by atoms with Crippen LogP contribution in [0.4, 0.5) is 9.52 Å². The number of ether oxygens (including phenoxy) is 1. The van der Waals surface area contributed by atoms with Crippen LogP contribution in [-0.2, 0) is 11.3 Å². The van der Waals surface area contributed by atoms with Gasteiger partial charge >= 0.3 is 5.97 Å². The fourth-order valence-corrected chi connectivity index (χ4v) is 6.29. The van der Waals surface area contributed by atoms with Gasteiger partial charge in [0.25, 0.3) is 0 Å². The van der Waals surface area contributed by atoms with Crippen molar-refractivity contribution in [1.29, 1.82) is 0 Å². The Hall–Kier alpha value is -3.01. The number of aromatic carboxylic acids is 1. The maximum atomic E-state index is 14.4. The Morgan fingerprint density at radius 3 is 2.76 bits per heavy atom. The van der Waals surface area contributed by atoms with Crippen LogP contribution in [0, 0.1) is 12.7 Å². The first kappa shape index (κ1) is 24.3. The van der Waals surface area contributed by atoms with Crippen molar-refractivity contribution >= 4 is 44.3 Å². The fraction of sp³-hybridized carbons (Fsp3) is 0.370. The molecule has 0 spiro atoms. The number of hydrogen-bond donors (Lipinski definition) is 1. The summed E-state index contributed by atoms with van der Waals surface area (Å²) >= 11 is 7.86. The van der Waals surface area contributed by atoms with Gasteiger partial charge in [-0.05, 0) is 56.4 Å². The van der Waals surface area contributed by atoms with Gasteiger partial charge in [0.2, 0.25) is 0 Å². The lowest BCUT2D eigenvalue weighted by Gasteiger charge is -2.31. The van der Waals surface area contributed by atoms with E-state index in [-0.39, 0.29) is 17.2 Å². The van der Waals surface area contributed by atoms with E-state index in [4.69, 9.17) is 20.9 Å². The summed E-state index contributed by atoms with van der Waals surface area (Å²) in [6, 6.07) is 8.31. The Morgan fingerprint density at radius 2 is 2.05 bits per heavy atom. The molecule has 3 heterocycles. The van der Waals surface area contributed by atoms with Crippen LogP contribution in [-0.4, -0.2) is 40.4 Å². The van der Waals surface area contributed by atoms with E-state index in [0.717, 1.165) is 59.9 Å². The van der Waals surface area contributed by atoms with Crippen molar-refractivity contribution in [3.05, 3.63) is 63.6 Å². The zero-order valence-electron chi connectivity index (χ0n) is 20.2. The molecular weight excluding hydrogens is 517 g/mol. The molecule has 1 saturated carbocycles. The Labute approximate surface area is 221 Å². The molecule has 0 amide bonds. The topological polar surface area (TPSA) is 88.7 Å². The van der Waals surface area contributed by atoms with E-state index in [0.29, 0.717) is 40.5 Å². The SMILES string of the molecule is Cc1cccc(Cl)c1-c1noc(C2CC2)c1COC1CCN(c2nc3c(F)cc(C(=O)O)cc3s2)CC1. The number of thiazole rings is 1. The Balaban J connectivity index is 1.15. The van der Waals surface area contributed by atoms with Crippen LogP contribution < -0.4 is 4.90 Å². The molecule has 2 aromatic heterocycles. The van der Waals surface area contributed by atoms with E-state index < -0.39 is 11.8 Å². The number of benzene rings is 2. The van der Waals surface area contributed by atoms with Crippen molar-refractivity contribution in [1.82, 2.24) is 10.1 Å². The molecular formula is C27H25ClFN3O4S. The average Bonchev–Trinajstić information content (AvgIpc) is 3.49. The first-order chi connectivity index (χ1) is 17.9. The monoisotopic (exact) mass is 541 g/mol. The van der Waals surface area contributed by atoms with Crippen molar-refractivity contribution in [3.8, 4) is 11.3 Å². The second-order valence-electron chi connectivity index (χ2n) is 9.68. The van der Waals surface area contributed by atoms with Crippen LogP contribution in [0.25, 0.3) is 21.5 Å². The fourth-order valence-electron chi connectivity index (χ4n) is 4.91. The predicted molar refractivity (Wildman–Crippen MR) is 140 cm³/mol. The zero-order chi connectivity index (χ0) is 25.7. The summed E-state index contributed by atoms with van der Waals surface area (Å²) in [6.45, 7) is 3.86. The van der Waals surface area contributed by atoms with Gasteiger partial charge in [0.05, 0.1) is 28.0 Å². The zero-order valence-corrected chi connectivity index (χ0v) is 21.7. The number of carboxylic acids is 1. The Kier molecular flexibility index (Phi) is 6.38. The van der Waals surface area contributed by atoms with E-state index in [1.54, 1.807) is 0 Å². The largest absolute Gasteiger partial charge is 0.478 e. The lowest BCUT2D eigenvalue weighted by atomic mass is 10.0. The van der Waals surface area contributed by atoms with Crippen LogP contribution in [0.2, 0.25) is 5.02 Å². The maximum Gasteiger partial charge on any atom is 0.335 e. The third kappa shape index (κ3) is 4.71. The molecule has 1 aliphatic carbocycles. The highest BCUT2D eigenvalue weighted by Crippen LogP contribution is 2.45. The van der Waals surface area contributed by atoms with Gasteiger partial charge in [0.15, 0.2) is 10.9 Å². The summed E-state index contributed by atoms with van der Waals surface area (Å²) in [5.74, 6) is -0.464. The number of hydrogen-bond acceptors (Lipinski definition) is 7. The molecule has 1 N–H and O–H groups in total. The van der Waals surface area contributed by atoms with Crippen molar-refractivity contribution in [2.45, 2.75) is 51.2 Å². The van der Waals surface area contributed by atoms with Gasteiger partial charge in [-0.15, -0.1) is 0 Å². The number of halogens is 2. The van der Waals surface area contributed by atoms with Gasteiger partial charge in [-0.25, -0.2) is 14.2 Å². The second kappa shape index (κ2) is 9.70. The summed E-state index contributed by atoms with van der Waals surface area (Å²) < 4.78 is 27.1. The molecule has 0 bridgehead atoms. The molecule has 2 aromatic carbocycles. The quantitative estimate of drug-likeness (QED) is 0.275. The maximum absolute atomic E-state index is 14.4. The van der Waals surface area contributed by atoms with E-state index in [1.165, 1.54) is 17.4 Å². The number of fused-ring (bicyclic) bond motifs is 1. The van der Waals surface area contributed by atoms with Crippen molar-refractivity contribution in [2.24, 2.45) is 0 Å². The molecule has 192 valence electrons. The van der Waals surface area contributed by atoms with Crippen LogP contribution in [0.15, 0.2) is 34.9 Å². The normalized spacial score (nSPS) is 16.6. The van der Waals surface area contributed by atoms with Crippen molar-refractivity contribution in [3.63, 3.8) is 0 Å². The lowest BCUT2D eigenvalue weighted by molar-refractivity contribution is 0.0246. The number of aromatic nitrogens is 2. The molecule has 37 heavy (non-hydrogen) atoms. The second-order valence-corrected chi connectivity index (χ2v) is 11.1. The highest BCUT2D eigenvalue weighted by atomic mass is 35.5. The molecule has 10 heteroatoms. The summed E-state index contributed by atoms with van der Waals surface area (Å²) in [7, 11) is 0. The number of carbonyl (C=O) groups is 1. The summed E-state index contributed by atoms with van der Waals surface area (Å²) in [4.78, 5) is 17.8. The highest BCUT2D eigenvalue weighted by Gasteiger charge is 2.34. The van der Waals surface area contributed by atoms with Gasteiger partial charge in [0.1, 0.15) is 17.0 Å². The van der Waals surface area contributed by atoms with E-state index in [2.05, 4.69) is 15.0 Å². The van der Waals surface area contributed by atoms with Gasteiger partial charge < -0.3 is 19.3 Å². The highest BCUT2D eigenvalue weighted by molar-refractivity contribution is 7.22. The minimum atomic E-state index is -1.15. The molecule has 7 nitrogen and oxygen atoms in total. The first-order valence-corrected chi connectivity index (χ1v) is 13.5. The third-order valence-electron chi connectivity index (χ3n) is 7.09. The van der Waals surface area contributed by atoms with E-state index >= 15 is 0 Å². The summed E-state index contributed by atoms with van der Waals surface area (Å²) in [5.41, 5.74) is 3.82. The molecule has 0 radical (unpaired) electrons. The molecule has 0 unspecified atom stereocenters. The molecule has 2 aliphatic rings. The molecule has 1 saturated heterocycles. The van der Waals surface area contributed by atoms with Crippen molar-refractivity contribution < 1.29 is 23.6 Å². The van der Waals surface area contributed by atoms with Crippen LogP contribution in [0.5, 0.6) is 0 Å². The lowest BCUT2D eigenvalue weighted by Crippen LogP contribution is -2.37. The van der Waals surface area contributed by atoms with E-state index in [9.17, 15) is 14.3 Å². The van der Waals surface area contributed by atoms with Crippen LogP contribution in [0.3, 0.4) is 0 Å². The number of anilines is 1. The standard InChI is InChI=1S/C27H25ClFN3O4S/c1-14-3-2-4-19(28)22(14)23-18(25(36-31-23)15-5-6-15)13-35-17-7-9-32(10-8-17)27-30-24-20(29)11-16(26(33)34)12-21(24)37-27/h2-4,11-12,15,17H,5-10,13H2,1H3,(H,33,34). The van der Waals surface area contributed by atoms with Crippen LogP contribution in [0.1, 0.15) is 58.8 Å². The van der Waals surface area contributed by atoms with E-state index in [1.807, 2.05) is 25.1 Å². The molecule has 2 fully saturated rings. The number of rotatable bonds is 7.